The zero-order valence-electron chi connectivity index (χ0n) is 15.0. The van der Waals surface area contributed by atoms with E-state index in [9.17, 15) is 9.59 Å². The molecule has 2 aliphatic heterocycles. The molecule has 0 aromatic carbocycles. The first-order valence-electron chi connectivity index (χ1n) is 9.07. The maximum atomic E-state index is 12.7. The number of rotatable bonds is 4. The summed E-state index contributed by atoms with van der Waals surface area (Å²) in [6.45, 7) is 6.04. The molecule has 2 aromatic heterocycles. The minimum absolute atomic E-state index is 0.0652. The molecule has 0 N–H and O–H groups in total. The number of hydrogen-bond acceptors (Lipinski definition) is 7. The average molecular weight is 390 g/mol. The first-order chi connectivity index (χ1) is 13.2. The monoisotopic (exact) mass is 390 g/mol. The molecule has 0 atom stereocenters. The topological polar surface area (TPSA) is 79.1 Å². The van der Waals surface area contributed by atoms with E-state index in [1.165, 1.54) is 17.6 Å². The highest BCUT2D eigenvalue weighted by Crippen LogP contribution is 2.16. The van der Waals surface area contributed by atoms with Crippen LogP contribution in [0.1, 0.15) is 26.1 Å². The lowest BCUT2D eigenvalue weighted by Crippen LogP contribution is -2.50. The maximum absolute atomic E-state index is 12.7. The molecule has 8 nitrogen and oxygen atoms in total. The molecule has 27 heavy (non-hydrogen) atoms. The molecular formula is C18H22N4O4S. The Morgan fingerprint density at radius 3 is 2.41 bits per heavy atom. The SMILES string of the molecule is O=C(c1csc(CN2CCOCC2)n1)N1CCN(C(=O)c2ccco2)CC1. The summed E-state index contributed by atoms with van der Waals surface area (Å²) in [6, 6.07) is 3.36. The van der Waals surface area contributed by atoms with Crippen LogP contribution in [0.4, 0.5) is 0 Å². The largest absolute Gasteiger partial charge is 0.459 e. The van der Waals surface area contributed by atoms with Gasteiger partial charge < -0.3 is 19.0 Å². The van der Waals surface area contributed by atoms with Crippen LogP contribution in [0.3, 0.4) is 0 Å². The van der Waals surface area contributed by atoms with Gasteiger partial charge in [0.25, 0.3) is 11.8 Å². The van der Waals surface area contributed by atoms with Crippen molar-refractivity contribution in [3.8, 4) is 0 Å². The van der Waals surface area contributed by atoms with Gasteiger partial charge in [0.05, 0.1) is 26.0 Å². The van der Waals surface area contributed by atoms with Crippen molar-refractivity contribution in [2.45, 2.75) is 6.54 Å². The molecule has 0 spiro atoms. The Bertz CT molecular complexity index is 777. The lowest BCUT2D eigenvalue weighted by molar-refractivity contribution is 0.0341. The number of carbonyl (C=O) groups is 2. The number of furan rings is 1. The van der Waals surface area contributed by atoms with Crippen LogP contribution in [0, 0.1) is 0 Å². The van der Waals surface area contributed by atoms with E-state index in [-0.39, 0.29) is 11.8 Å². The zero-order chi connectivity index (χ0) is 18.6. The van der Waals surface area contributed by atoms with Crippen molar-refractivity contribution in [1.29, 1.82) is 0 Å². The van der Waals surface area contributed by atoms with Gasteiger partial charge in [-0.1, -0.05) is 0 Å². The number of amides is 2. The molecule has 2 aromatic rings. The quantitative estimate of drug-likeness (QED) is 0.780. The molecule has 4 heterocycles. The van der Waals surface area contributed by atoms with E-state index in [2.05, 4.69) is 9.88 Å². The van der Waals surface area contributed by atoms with E-state index in [0.717, 1.165) is 37.9 Å². The van der Waals surface area contributed by atoms with Gasteiger partial charge in [-0.15, -0.1) is 11.3 Å². The summed E-state index contributed by atoms with van der Waals surface area (Å²) in [5, 5.41) is 2.78. The van der Waals surface area contributed by atoms with E-state index in [4.69, 9.17) is 9.15 Å². The van der Waals surface area contributed by atoms with Crippen molar-refractivity contribution >= 4 is 23.2 Å². The zero-order valence-corrected chi connectivity index (χ0v) is 15.8. The third kappa shape index (κ3) is 4.20. The van der Waals surface area contributed by atoms with E-state index >= 15 is 0 Å². The summed E-state index contributed by atoms with van der Waals surface area (Å²) >= 11 is 1.52. The van der Waals surface area contributed by atoms with Gasteiger partial charge in [-0.3, -0.25) is 14.5 Å². The predicted octanol–water partition coefficient (Wildman–Crippen LogP) is 1.17. The van der Waals surface area contributed by atoms with Crippen LogP contribution < -0.4 is 0 Å². The summed E-state index contributed by atoms with van der Waals surface area (Å²) < 4.78 is 10.5. The molecule has 2 fully saturated rings. The van der Waals surface area contributed by atoms with Crippen molar-refractivity contribution in [3.05, 3.63) is 40.2 Å². The lowest BCUT2D eigenvalue weighted by Gasteiger charge is -2.34. The van der Waals surface area contributed by atoms with Crippen LogP contribution in [0.15, 0.2) is 28.2 Å². The number of nitrogens with zero attached hydrogens (tertiary/aromatic N) is 4. The molecule has 4 rings (SSSR count). The van der Waals surface area contributed by atoms with E-state index in [0.29, 0.717) is 37.6 Å². The minimum atomic E-state index is -0.131. The van der Waals surface area contributed by atoms with Gasteiger partial charge in [-0.25, -0.2) is 4.98 Å². The number of thiazole rings is 1. The molecule has 144 valence electrons. The van der Waals surface area contributed by atoms with Gasteiger partial charge in [-0.05, 0) is 12.1 Å². The molecule has 0 unspecified atom stereocenters. The summed E-state index contributed by atoms with van der Waals surface area (Å²) in [5.74, 6) is 0.139. The second-order valence-corrected chi connectivity index (χ2v) is 7.52. The Kier molecular flexibility index (Phi) is 5.51. The van der Waals surface area contributed by atoms with Crippen molar-refractivity contribution in [3.63, 3.8) is 0 Å². The van der Waals surface area contributed by atoms with Crippen LogP contribution in [0.2, 0.25) is 0 Å². The Morgan fingerprint density at radius 1 is 1.04 bits per heavy atom. The Labute approximate surface area is 161 Å². The van der Waals surface area contributed by atoms with Gasteiger partial charge in [-0.2, -0.15) is 0 Å². The number of morpholine rings is 1. The van der Waals surface area contributed by atoms with Gasteiger partial charge in [0, 0.05) is 44.6 Å². The Morgan fingerprint density at radius 2 is 1.74 bits per heavy atom. The first kappa shape index (κ1) is 18.1. The number of aromatic nitrogens is 1. The highest BCUT2D eigenvalue weighted by Gasteiger charge is 2.27. The fourth-order valence-corrected chi connectivity index (χ4v) is 4.07. The van der Waals surface area contributed by atoms with E-state index in [1.807, 2.05) is 5.38 Å². The second-order valence-electron chi connectivity index (χ2n) is 6.58. The summed E-state index contributed by atoms with van der Waals surface area (Å²) in [4.78, 5) is 35.3. The molecule has 0 radical (unpaired) electrons. The molecular weight excluding hydrogens is 368 g/mol. The highest BCUT2D eigenvalue weighted by molar-refractivity contribution is 7.09. The van der Waals surface area contributed by atoms with Crippen LogP contribution >= 0.6 is 11.3 Å². The van der Waals surface area contributed by atoms with Crippen molar-refractivity contribution in [2.24, 2.45) is 0 Å². The number of hydrogen-bond donors (Lipinski definition) is 0. The van der Waals surface area contributed by atoms with Crippen LogP contribution in [-0.2, 0) is 11.3 Å². The summed E-state index contributed by atoms with van der Waals surface area (Å²) in [7, 11) is 0. The maximum Gasteiger partial charge on any atom is 0.289 e. The third-order valence-electron chi connectivity index (χ3n) is 4.82. The first-order valence-corrected chi connectivity index (χ1v) is 9.95. The number of piperazine rings is 1. The smallest absolute Gasteiger partial charge is 0.289 e. The van der Waals surface area contributed by atoms with Crippen LogP contribution in [0.25, 0.3) is 0 Å². The molecule has 0 saturated carbocycles. The highest BCUT2D eigenvalue weighted by atomic mass is 32.1. The van der Waals surface area contributed by atoms with Gasteiger partial charge in [0.15, 0.2) is 5.76 Å². The summed E-state index contributed by atoms with van der Waals surface area (Å²) in [6.07, 6.45) is 1.49. The number of ether oxygens (including phenoxy) is 1. The van der Waals surface area contributed by atoms with Gasteiger partial charge in [0.2, 0.25) is 0 Å². The minimum Gasteiger partial charge on any atom is -0.459 e. The third-order valence-corrected chi connectivity index (χ3v) is 5.65. The second kappa shape index (κ2) is 8.20. The summed E-state index contributed by atoms with van der Waals surface area (Å²) in [5.41, 5.74) is 0.495. The van der Waals surface area contributed by atoms with E-state index < -0.39 is 0 Å². The molecule has 0 aliphatic carbocycles. The van der Waals surface area contributed by atoms with Crippen LogP contribution in [0.5, 0.6) is 0 Å². The van der Waals surface area contributed by atoms with Gasteiger partial charge in [0.1, 0.15) is 10.7 Å². The van der Waals surface area contributed by atoms with Crippen molar-refractivity contribution < 1.29 is 18.7 Å². The molecule has 2 amide bonds. The standard InChI is InChI=1S/C18H22N4O4S/c23-17(14-13-27-16(19-14)12-20-7-10-25-11-8-20)21-3-5-22(6-4-21)18(24)15-2-1-9-26-15/h1-2,9,13H,3-8,10-12H2. The normalized spacial score (nSPS) is 18.7. The molecule has 9 heteroatoms. The van der Waals surface area contributed by atoms with Crippen molar-refractivity contribution in [1.82, 2.24) is 19.7 Å². The lowest BCUT2D eigenvalue weighted by atomic mass is 10.2. The predicted molar refractivity (Wildman–Crippen MR) is 98.7 cm³/mol. The van der Waals surface area contributed by atoms with E-state index in [1.54, 1.807) is 21.9 Å². The van der Waals surface area contributed by atoms with Crippen molar-refractivity contribution in [2.75, 3.05) is 52.5 Å². The average Bonchev–Trinajstić information content (AvgIpc) is 3.40. The molecule has 0 bridgehead atoms. The van der Waals surface area contributed by atoms with Crippen LogP contribution in [-0.4, -0.2) is 84.0 Å². The fourth-order valence-electron chi connectivity index (χ4n) is 3.26. The van der Waals surface area contributed by atoms with Gasteiger partial charge >= 0.3 is 0 Å². The molecule has 2 aliphatic rings. The number of carbonyl (C=O) groups excluding carboxylic acids is 2. The fraction of sp³-hybridized carbons (Fsp3) is 0.500. The Hall–Kier alpha value is -2.23. The molecule has 2 saturated heterocycles. The Balaban J connectivity index is 1.31.